The molecule has 26 heavy (non-hydrogen) atoms. The van der Waals surface area contributed by atoms with Gasteiger partial charge in [-0.2, -0.15) is 0 Å². The molecule has 1 fully saturated rings. The molecule has 6 heteroatoms. The molecule has 0 atom stereocenters. The minimum Gasteiger partial charge on any atom is -0.481 e. The fourth-order valence-electron chi connectivity index (χ4n) is 3.00. The third kappa shape index (κ3) is 7.42. The van der Waals surface area contributed by atoms with Crippen LogP contribution in [0.5, 0.6) is 5.75 Å². The molecule has 1 N–H and O–H groups in total. The van der Waals surface area contributed by atoms with E-state index in [0.717, 1.165) is 57.2 Å². The molecule has 5 nitrogen and oxygen atoms in total. The van der Waals surface area contributed by atoms with E-state index in [2.05, 4.69) is 40.2 Å². The van der Waals surface area contributed by atoms with E-state index in [1.54, 1.807) is 0 Å². The number of halogens is 1. The van der Waals surface area contributed by atoms with Crippen LogP contribution in [0.3, 0.4) is 0 Å². The van der Waals surface area contributed by atoms with Gasteiger partial charge in [-0.25, -0.2) is 0 Å². The average molecular weight is 471 g/mol. The number of aliphatic imine (C=N–C) groups is 1. The Balaban J connectivity index is 0.00000338. The smallest absolute Gasteiger partial charge is 0.193 e. The highest BCUT2D eigenvalue weighted by atomic mass is 127. The maximum absolute atomic E-state index is 5.71. The van der Waals surface area contributed by atoms with Crippen molar-refractivity contribution >= 4 is 29.9 Å². The van der Waals surface area contributed by atoms with Gasteiger partial charge in [-0.3, -0.25) is 4.99 Å². The first kappa shape index (κ1) is 22.6. The zero-order valence-corrected chi connectivity index (χ0v) is 18.1. The van der Waals surface area contributed by atoms with E-state index < -0.39 is 0 Å². The first-order valence-corrected chi connectivity index (χ1v) is 8.99. The van der Waals surface area contributed by atoms with Gasteiger partial charge in [-0.15, -0.1) is 30.4 Å². The van der Waals surface area contributed by atoms with Crippen molar-refractivity contribution in [3.63, 3.8) is 0 Å². The molecule has 1 saturated heterocycles. The number of terminal acetylenes is 1. The van der Waals surface area contributed by atoms with Gasteiger partial charge in [-0.1, -0.05) is 18.1 Å². The van der Waals surface area contributed by atoms with E-state index in [9.17, 15) is 0 Å². The minimum atomic E-state index is 0. The van der Waals surface area contributed by atoms with Gasteiger partial charge in [0.1, 0.15) is 12.4 Å². The number of hydrogen-bond acceptors (Lipinski definition) is 3. The van der Waals surface area contributed by atoms with E-state index in [1.807, 2.05) is 19.2 Å². The number of rotatable bonds is 7. The zero-order chi connectivity index (χ0) is 17.9. The van der Waals surface area contributed by atoms with Crippen LogP contribution in [0, 0.1) is 12.3 Å². The Bertz CT molecular complexity index is 576. The van der Waals surface area contributed by atoms with Crippen molar-refractivity contribution in [1.29, 1.82) is 0 Å². The van der Waals surface area contributed by atoms with Crippen molar-refractivity contribution in [1.82, 2.24) is 10.2 Å². The van der Waals surface area contributed by atoms with Crippen molar-refractivity contribution in [2.75, 3.05) is 39.9 Å². The van der Waals surface area contributed by atoms with E-state index in [-0.39, 0.29) is 24.0 Å². The maximum Gasteiger partial charge on any atom is 0.193 e. The SMILES string of the molecule is C#CCOc1ccc(CCNC(=NC)N2CCC(OCC)CC2)cc1.I. The van der Waals surface area contributed by atoms with E-state index in [0.29, 0.717) is 12.7 Å². The molecule has 0 bridgehead atoms. The molecule has 1 aliphatic rings. The quantitative estimate of drug-likeness (QED) is 0.288. The molecule has 0 aliphatic carbocycles. The Morgan fingerprint density at radius 3 is 2.58 bits per heavy atom. The van der Waals surface area contributed by atoms with Crippen LogP contribution in [-0.2, 0) is 11.2 Å². The molecule has 1 aliphatic heterocycles. The van der Waals surface area contributed by atoms with Gasteiger partial charge in [0, 0.05) is 33.3 Å². The van der Waals surface area contributed by atoms with Crippen LogP contribution in [0.2, 0.25) is 0 Å². The molecule has 2 rings (SSSR count). The summed E-state index contributed by atoms with van der Waals surface area (Å²) in [7, 11) is 1.84. The number of likely N-dealkylation sites (tertiary alicyclic amines) is 1. The number of ether oxygens (including phenoxy) is 2. The van der Waals surface area contributed by atoms with Crippen molar-refractivity contribution in [2.24, 2.45) is 4.99 Å². The molecule has 0 saturated carbocycles. The average Bonchev–Trinajstić information content (AvgIpc) is 2.66. The summed E-state index contributed by atoms with van der Waals surface area (Å²) in [5.41, 5.74) is 1.26. The number of benzene rings is 1. The number of nitrogens with zero attached hydrogens (tertiary/aromatic N) is 2. The summed E-state index contributed by atoms with van der Waals surface area (Å²) in [6.07, 6.45) is 8.65. The molecular formula is C20H30IN3O2. The molecule has 1 heterocycles. The first-order valence-electron chi connectivity index (χ1n) is 8.99. The molecule has 1 aromatic carbocycles. The Kier molecular flexibility index (Phi) is 11.1. The molecule has 0 amide bonds. The monoisotopic (exact) mass is 471 g/mol. The van der Waals surface area contributed by atoms with Gasteiger partial charge in [0.25, 0.3) is 0 Å². The second-order valence-corrected chi connectivity index (χ2v) is 6.00. The summed E-state index contributed by atoms with van der Waals surface area (Å²) in [6, 6.07) is 8.06. The number of nitrogens with one attached hydrogen (secondary N) is 1. The van der Waals surface area contributed by atoms with E-state index in [4.69, 9.17) is 15.9 Å². The zero-order valence-electron chi connectivity index (χ0n) is 15.7. The highest BCUT2D eigenvalue weighted by Crippen LogP contribution is 2.14. The predicted molar refractivity (Wildman–Crippen MR) is 117 cm³/mol. The largest absolute Gasteiger partial charge is 0.481 e. The van der Waals surface area contributed by atoms with E-state index >= 15 is 0 Å². The van der Waals surface area contributed by atoms with Crippen LogP contribution >= 0.6 is 24.0 Å². The lowest BCUT2D eigenvalue weighted by Gasteiger charge is -2.34. The summed E-state index contributed by atoms with van der Waals surface area (Å²) in [5, 5.41) is 3.46. The fraction of sp³-hybridized carbons (Fsp3) is 0.550. The van der Waals surface area contributed by atoms with Crippen molar-refractivity contribution in [3.05, 3.63) is 29.8 Å². The summed E-state index contributed by atoms with van der Waals surface area (Å²) < 4.78 is 11.1. The number of guanidine groups is 1. The van der Waals surface area contributed by atoms with Crippen LogP contribution in [-0.4, -0.2) is 56.9 Å². The predicted octanol–water partition coefficient (Wildman–Crippen LogP) is 2.94. The standard InChI is InChI=1S/C20H29N3O2.HI/c1-4-16-25-18-8-6-17(7-9-18)10-13-22-20(21-3)23-14-11-19(12-15-23)24-5-2;/h1,6-9,19H,5,10-16H2,2-3H3,(H,21,22);1H. The fourth-order valence-corrected chi connectivity index (χ4v) is 3.00. The molecule has 144 valence electrons. The van der Waals surface area contributed by atoms with Gasteiger partial charge in [-0.05, 0) is 43.9 Å². The number of hydrogen-bond donors (Lipinski definition) is 1. The number of piperidine rings is 1. The lowest BCUT2D eigenvalue weighted by Crippen LogP contribution is -2.47. The Morgan fingerprint density at radius 2 is 2.00 bits per heavy atom. The molecule has 0 radical (unpaired) electrons. The van der Waals surface area contributed by atoms with Crippen LogP contribution in [0.15, 0.2) is 29.3 Å². The van der Waals surface area contributed by atoms with Crippen LogP contribution in [0.4, 0.5) is 0 Å². The molecule has 0 aromatic heterocycles. The topological polar surface area (TPSA) is 46.1 Å². The second kappa shape index (κ2) is 12.8. The lowest BCUT2D eigenvalue weighted by molar-refractivity contribution is 0.0264. The Labute approximate surface area is 174 Å². The van der Waals surface area contributed by atoms with Gasteiger partial charge in [0.15, 0.2) is 5.96 Å². The van der Waals surface area contributed by atoms with Gasteiger partial charge in [0.05, 0.1) is 6.10 Å². The summed E-state index contributed by atoms with van der Waals surface area (Å²) in [4.78, 5) is 6.73. The minimum absolute atomic E-state index is 0. The second-order valence-electron chi connectivity index (χ2n) is 6.00. The van der Waals surface area contributed by atoms with Crippen molar-refractivity contribution in [3.8, 4) is 18.1 Å². The molecule has 0 spiro atoms. The van der Waals surface area contributed by atoms with Gasteiger partial charge in [0.2, 0.25) is 0 Å². The third-order valence-electron chi connectivity index (χ3n) is 4.30. The summed E-state index contributed by atoms with van der Waals surface area (Å²) in [5.74, 6) is 4.25. The van der Waals surface area contributed by atoms with Crippen molar-refractivity contribution in [2.45, 2.75) is 32.3 Å². The van der Waals surface area contributed by atoms with Crippen molar-refractivity contribution < 1.29 is 9.47 Å². The van der Waals surface area contributed by atoms with Crippen LogP contribution in [0.1, 0.15) is 25.3 Å². The Morgan fingerprint density at radius 1 is 1.31 bits per heavy atom. The normalized spacial score (nSPS) is 15.1. The molecular weight excluding hydrogens is 441 g/mol. The highest BCUT2D eigenvalue weighted by Gasteiger charge is 2.21. The Hall–Kier alpha value is -1.46. The van der Waals surface area contributed by atoms with E-state index in [1.165, 1.54) is 5.56 Å². The summed E-state index contributed by atoms with van der Waals surface area (Å²) in [6.45, 7) is 5.99. The molecule has 1 aromatic rings. The maximum atomic E-state index is 5.71. The lowest BCUT2D eigenvalue weighted by atomic mass is 10.1. The van der Waals surface area contributed by atoms with Crippen LogP contribution < -0.4 is 10.1 Å². The van der Waals surface area contributed by atoms with Gasteiger partial charge < -0.3 is 19.7 Å². The third-order valence-corrected chi connectivity index (χ3v) is 4.30. The van der Waals surface area contributed by atoms with Crippen LogP contribution in [0.25, 0.3) is 0 Å². The van der Waals surface area contributed by atoms with Gasteiger partial charge >= 0.3 is 0 Å². The summed E-state index contributed by atoms with van der Waals surface area (Å²) >= 11 is 0. The molecule has 0 unspecified atom stereocenters. The first-order chi connectivity index (χ1) is 12.3. The highest BCUT2D eigenvalue weighted by molar-refractivity contribution is 14.0.